The lowest BCUT2D eigenvalue weighted by Crippen LogP contribution is -2.50. The Morgan fingerprint density at radius 1 is 0.947 bits per heavy atom. The van der Waals surface area contributed by atoms with Crippen molar-refractivity contribution in [2.45, 2.75) is 6.54 Å². The predicted molar refractivity (Wildman–Crippen MR) is 147 cm³/mol. The van der Waals surface area contributed by atoms with Gasteiger partial charge < -0.3 is 19.4 Å². The van der Waals surface area contributed by atoms with E-state index in [1.807, 2.05) is 9.80 Å². The van der Waals surface area contributed by atoms with Crippen LogP contribution >= 0.6 is 34.8 Å². The molecule has 3 heterocycles. The molecule has 2 saturated heterocycles. The van der Waals surface area contributed by atoms with Crippen LogP contribution in [-0.4, -0.2) is 73.1 Å². The van der Waals surface area contributed by atoms with Crippen LogP contribution in [-0.2, 0) is 11.3 Å². The van der Waals surface area contributed by atoms with Crippen molar-refractivity contribution in [2.75, 3.05) is 62.3 Å². The van der Waals surface area contributed by atoms with Crippen molar-refractivity contribution in [1.82, 2.24) is 14.7 Å². The molecule has 2 aromatic carbocycles. The second-order valence-corrected chi connectivity index (χ2v) is 10.3. The van der Waals surface area contributed by atoms with Crippen LogP contribution in [0.15, 0.2) is 47.4 Å². The average Bonchev–Trinajstić information content (AvgIpc) is 2.92. The lowest BCUT2D eigenvalue weighted by Gasteiger charge is -2.38. The fraction of sp³-hybridized carbons (Fsp3) is 0.346. The van der Waals surface area contributed by atoms with Crippen LogP contribution in [0.1, 0.15) is 15.9 Å². The number of anilines is 2. The fourth-order valence-corrected chi connectivity index (χ4v) is 5.43. The Morgan fingerprint density at radius 2 is 1.68 bits per heavy atom. The minimum atomic E-state index is -0.496. The van der Waals surface area contributed by atoms with Gasteiger partial charge >= 0.3 is 0 Å². The third-order valence-corrected chi connectivity index (χ3v) is 7.67. The number of amides is 1. The second kappa shape index (κ2) is 11.5. The molecular weight excluding hydrogens is 556 g/mol. The van der Waals surface area contributed by atoms with E-state index in [1.165, 1.54) is 16.8 Å². The Balaban J connectivity index is 1.41. The number of piperazine rings is 1. The van der Waals surface area contributed by atoms with E-state index < -0.39 is 5.82 Å². The first-order valence-electron chi connectivity index (χ1n) is 12.2. The van der Waals surface area contributed by atoms with Gasteiger partial charge in [-0.3, -0.25) is 9.59 Å². The largest absolute Gasteiger partial charge is 0.378 e. The Bertz CT molecular complexity index is 1390. The second-order valence-electron chi connectivity index (χ2n) is 9.04. The molecular formula is C26H25Cl3FN5O3. The minimum Gasteiger partial charge on any atom is -0.378 e. The number of rotatable bonds is 5. The molecule has 3 aromatic rings. The van der Waals surface area contributed by atoms with Gasteiger partial charge in [0.2, 0.25) is 0 Å². The van der Waals surface area contributed by atoms with Gasteiger partial charge in [-0.15, -0.1) is 0 Å². The van der Waals surface area contributed by atoms with Crippen molar-refractivity contribution in [1.29, 1.82) is 0 Å². The van der Waals surface area contributed by atoms with E-state index in [-0.39, 0.29) is 28.6 Å². The number of carbonyl (C=O) groups excluding carboxylic acids is 1. The van der Waals surface area contributed by atoms with E-state index in [4.69, 9.17) is 39.5 Å². The minimum absolute atomic E-state index is 0.0912. The highest BCUT2D eigenvalue weighted by Gasteiger charge is 2.29. The molecule has 0 radical (unpaired) electrons. The van der Waals surface area contributed by atoms with Crippen molar-refractivity contribution in [3.63, 3.8) is 0 Å². The van der Waals surface area contributed by atoms with Crippen molar-refractivity contribution in [3.05, 3.63) is 85.0 Å². The monoisotopic (exact) mass is 579 g/mol. The van der Waals surface area contributed by atoms with Gasteiger partial charge in [-0.2, -0.15) is 5.10 Å². The fourth-order valence-electron chi connectivity index (χ4n) is 4.71. The number of ether oxygens (including phenoxy) is 1. The van der Waals surface area contributed by atoms with E-state index in [0.717, 1.165) is 0 Å². The van der Waals surface area contributed by atoms with E-state index >= 15 is 0 Å². The molecule has 2 aliphatic rings. The Kier molecular flexibility index (Phi) is 8.09. The van der Waals surface area contributed by atoms with Crippen molar-refractivity contribution in [2.24, 2.45) is 0 Å². The lowest BCUT2D eigenvalue weighted by atomic mass is 10.1. The summed E-state index contributed by atoms with van der Waals surface area (Å²) in [6.07, 6.45) is 1.63. The number of morpholine rings is 1. The molecule has 0 aliphatic carbocycles. The van der Waals surface area contributed by atoms with Gasteiger partial charge in [0.1, 0.15) is 11.5 Å². The highest BCUT2D eigenvalue weighted by atomic mass is 35.5. The van der Waals surface area contributed by atoms with Gasteiger partial charge in [-0.1, -0.05) is 40.9 Å². The van der Waals surface area contributed by atoms with Crippen molar-refractivity contribution in [3.8, 4) is 0 Å². The zero-order chi connectivity index (χ0) is 26.8. The van der Waals surface area contributed by atoms with Gasteiger partial charge in [0.15, 0.2) is 0 Å². The molecule has 0 spiro atoms. The van der Waals surface area contributed by atoms with Crippen LogP contribution in [0, 0.1) is 5.82 Å². The maximum Gasteiger partial charge on any atom is 0.292 e. The molecule has 0 N–H and O–H groups in total. The number of halogens is 4. The summed E-state index contributed by atoms with van der Waals surface area (Å²) in [5.41, 5.74) is 1.42. The molecule has 8 nitrogen and oxygen atoms in total. The average molecular weight is 581 g/mol. The van der Waals surface area contributed by atoms with Crippen molar-refractivity contribution >= 4 is 52.1 Å². The van der Waals surface area contributed by atoms with Crippen LogP contribution in [0.25, 0.3) is 0 Å². The summed E-state index contributed by atoms with van der Waals surface area (Å²) in [6, 6.07) is 9.23. The molecule has 12 heteroatoms. The number of nitrogens with zero attached hydrogens (tertiary/aromatic N) is 5. The summed E-state index contributed by atoms with van der Waals surface area (Å²) >= 11 is 18.4. The maximum atomic E-state index is 14.5. The molecule has 1 aromatic heterocycles. The standard InChI is InChI=1S/C26H25Cl3FN5O3/c27-17-4-5-18(21(29)14-17)25(36)34-8-6-32(7-9-34)23-15-31-35(16-19-20(28)2-1-3-22(19)30)26(37)24(23)33-10-12-38-13-11-33/h1-5,14-15H,6-13,16H2. The quantitative estimate of drug-likeness (QED) is 0.451. The number of aromatic nitrogens is 2. The van der Waals surface area contributed by atoms with Crippen LogP contribution in [0.5, 0.6) is 0 Å². The molecule has 2 aliphatic heterocycles. The zero-order valence-electron chi connectivity index (χ0n) is 20.4. The summed E-state index contributed by atoms with van der Waals surface area (Å²) in [4.78, 5) is 32.5. The zero-order valence-corrected chi connectivity index (χ0v) is 22.6. The Hall–Kier alpha value is -2.85. The lowest BCUT2D eigenvalue weighted by molar-refractivity contribution is 0.0747. The molecule has 0 saturated carbocycles. The normalized spacial score (nSPS) is 16.2. The molecule has 0 atom stereocenters. The third kappa shape index (κ3) is 5.47. The van der Waals surface area contributed by atoms with Gasteiger partial charge in [0, 0.05) is 54.9 Å². The van der Waals surface area contributed by atoms with E-state index in [9.17, 15) is 14.0 Å². The van der Waals surface area contributed by atoms with Gasteiger partial charge in [0.05, 0.1) is 42.2 Å². The summed E-state index contributed by atoms with van der Waals surface area (Å²) in [5, 5.41) is 5.38. The smallest absolute Gasteiger partial charge is 0.292 e. The molecule has 2 fully saturated rings. The Labute approximate surface area is 234 Å². The van der Waals surface area contributed by atoms with Gasteiger partial charge in [0.25, 0.3) is 11.5 Å². The first kappa shape index (κ1) is 26.7. The highest BCUT2D eigenvalue weighted by Crippen LogP contribution is 2.29. The first-order chi connectivity index (χ1) is 18.3. The molecule has 38 heavy (non-hydrogen) atoms. The number of carbonyl (C=O) groups is 1. The molecule has 1 amide bonds. The van der Waals surface area contributed by atoms with E-state index in [2.05, 4.69) is 5.10 Å². The van der Waals surface area contributed by atoms with Crippen LogP contribution in [0.2, 0.25) is 15.1 Å². The summed E-state index contributed by atoms with van der Waals surface area (Å²) < 4.78 is 21.2. The van der Waals surface area contributed by atoms with Crippen molar-refractivity contribution < 1.29 is 13.9 Å². The maximum absolute atomic E-state index is 14.5. The van der Waals surface area contributed by atoms with Gasteiger partial charge in [-0.05, 0) is 30.3 Å². The molecule has 5 rings (SSSR count). The van der Waals surface area contributed by atoms with E-state index in [1.54, 1.807) is 35.4 Å². The first-order valence-corrected chi connectivity index (χ1v) is 13.3. The number of hydrogen-bond acceptors (Lipinski definition) is 6. The van der Waals surface area contributed by atoms with Crippen LogP contribution in [0.3, 0.4) is 0 Å². The molecule has 200 valence electrons. The number of benzene rings is 2. The van der Waals surface area contributed by atoms with E-state index in [0.29, 0.717) is 79.5 Å². The van der Waals surface area contributed by atoms with Crippen LogP contribution < -0.4 is 15.4 Å². The SMILES string of the molecule is O=C(c1ccc(Cl)cc1Cl)N1CCN(c2cnn(Cc3c(F)cccc3Cl)c(=O)c2N2CCOCC2)CC1. The van der Waals surface area contributed by atoms with Crippen LogP contribution in [0.4, 0.5) is 15.8 Å². The Morgan fingerprint density at radius 3 is 2.37 bits per heavy atom. The summed E-state index contributed by atoms with van der Waals surface area (Å²) in [6.45, 7) is 3.85. The molecule has 0 unspecified atom stereocenters. The third-order valence-electron chi connectivity index (χ3n) is 6.77. The number of hydrogen-bond donors (Lipinski definition) is 0. The molecule has 0 bridgehead atoms. The topological polar surface area (TPSA) is 70.9 Å². The highest BCUT2D eigenvalue weighted by molar-refractivity contribution is 6.36. The van der Waals surface area contributed by atoms with Gasteiger partial charge in [-0.25, -0.2) is 9.07 Å². The summed E-state index contributed by atoms with van der Waals surface area (Å²) in [7, 11) is 0. The predicted octanol–water partition coefficient (Wildman–Crippen LogP) is 4.19. The summed E-state index contributed by atoms with van der Waals surface area (Å²) in [5.74, 6) is -0.667.